The third-order valence-corrected chi connectivity index (χ3v) is 3.29. The first-order valence-electron chi connectivity index (χ1n) is 5.71. The molecule has 1 atom stereocenters. The van der Waals surface area contributed by atoms with Crippen LogP contribution < -0.4 is 5.32 Å². The van der Waals surface area contributed by atoms with Gasteiger partial charge in [-0.25, -0.2) is 0 Å². The Morgan fingerprint density at radius 2 is 2.06 bits per heavy atom. The van der Waals surface area contributed by atoms with Gasteiger partial charge in [0.1, 0.15) is 5.76 Å². The smallest absolute Gasteiger partial charge is 0.110 e. The molecule has 0 saturated heterocycles. The molecule has 2 heteroatoms. The van der Waals surface area contributed by atoms with Crippen molar-refractivity contribution in [2.24, 2.45) is 0 Å². The molecular weight excluding hydrogens is 198 g/mol. The van der Waals surface area contributed by atoms with E-state index in [0.717, 1.165) is 18.7 Å². The molecule has 3 rings (SSSR count). The van der Waals surface area contributed by atoms with Crippen molar-refractivity contribution in [3.63, 3.8) is 0 Å². The van der Waals surface area contributed by atoms with E-state index in [1.165, 1.54) is 16.7 Å². The number of fused-ring (bicyclic) bond motifs is 1. The molecule has 0 amide bonds. The lowest BCUT2D eigenvalue weighted by atomic mass is 9.92. The van der Waals surface area contributed by atoms with Gasteiger partial charge in [-0.15, -0.1) is 0 Å². The Morgan fingerprint density at radius 3 is 2.94 bits per heavy atom. The topological polar surface area (TPSA) is 25.2 Å². The lowest BCUT2D eigenvalue weighted by Gasteiger charge is -2.25. The van der Waals surface area contributed by atoms with Gasteiger partial charge in [-0.05, 0) is 24.1 Å². The molecule has 2 nitrogen and oxygen atoms in total. The van der Waals surface area contributed by atoms with Crippen LogP contribution in [0.1, 0.15) is 28.5 Å². The number of nitrogens with one attached hydrogen (secondary N) is 1. The van der Waals surface area contributed by atoms with Gasteiger partial charge in [0.15, 0.2) is 0 Å². The van der Waals surface area contributed by atoms with E-state index in [0.29, 0.717) is 6.04 Å². The maximum Gasteiger partial charge on any atom is 0.110 e. The Kier molecular flexibility index (Phi) is 2.29. The summed E-state index contributed by atoms with van der Waals surface area (Å²) in [5.74, 6) is 1.13. The lowest BCUT2D eigenvalue weighted by Crippen LogP contribution is -2.30. The molecule has 0 saturated carbocycles. The minimum absolute atomic E-state index is 0.295. The fourth-order valence-corrected chi connectivity index (χ4v) is 2.44. The van der Waals surface area contributed by atoms with Crippen molar-refractivity contribution >= 4 is 0 Å². The molecule has 1 aromatic carbocycles. The molecule has 1 aliphatic rings. The summed E-state index contributed by atoms with van der Waals surface area (Å²) in [5, 5.41) is 3.56. The van der Waals surface area contributed by atoms with Gasteiger partial charge in [0.05, 0.1) is 12.3 Å². The first-order chi connectivity index (χ1) is 7.86. The minimum atomic E-state index is 0.295. The largest absolute Gasteiger partial charge is 0.469 e. The second-order valence-electron chi connectivity index (χ2n) is 4.29. The molecule has 1 unspecified atom stereocenters. The van der Waals surface area contributed by atoms with Crippen LogP contribution in [-0.2, 0) is 6.42 Å². The fourth-order valence-electron chi connectivity index (χ4n) is 2.44. The summed E-state index contributed by atoms with van der Waals surface area (Å²) in [4.78, 5) is 0. The number of rotatable bonds is 1. The van der Waals surface area contributed by atoms with E-state index in [4.69, 9.17) is 4.42 Å². The summed E-state index contributed by atoms with van der Waals surface area (Å²) in [6.45, 7) is 3.14. The van der Waals surface area contributed by atoms with E-state index in [1.54, 1.807) is 6.26 Å². The Bertz CT molecular complexity index is 501. The zero-order chi connectivity index (χ0) is 11.0. The molecule has 1 aliphatic heterocycles. The minimum Gasteiger partial charge on any atom is -0.469 e. The van der Waals surface area contributed by atoms with Gasteiger partial charge >= 0.3 is 0 Å². The quantitative estimate of drug-likeness (QED) is 0.788. The molecule has 1 aromatic heterocycles. The van der Waals surface area contributed by atoms with Gasteiger partial charge in [-0.3, -0.25) is 0 Å². The van der Waals surface area contributed by atoms with Crippen LogP contribution in [0.15, 0.2) is 41.0 Å². The highest BCUT2D eigenvalue weighted by molar-refractivity contribution is 5.39. The second kappa shape index (κ2) is 3.80. The second-order valence-corrected chi connectivity index (χ2v) is 4.29. The van der Waals surface area contributed by atoms with Gasteiger partial charge in [0.2, 0.25) is 0 Å². The van der Waals surface area contributed by atoms with Crippen LogP contribution in [0.5, 0.6) is 0 Å². The van der Waals surface area contributed by atoms with E-state index in [9.17, 15) is 0 Å². The lowest BCUT2D eigenvalue weighted by molar-refractivity contribution is 0.455. The van der Waals surface area contributed by atoms with Gasteiger partial charge in [-0.2, -0.15) is 0 Å². The molecule has 82 valence electrons. The van der Waals surface area contributed by atoms with Gasteiger partial charge in [-0.1, -0.05) is 24.3 Å². The van der Waals surface area contributed by atoms with Crippen LogP contribution in [0.2, 0.25) is 0 Å². The molecule has 2 heterocycles. The summed E-state index contributed by atoms with van der Waals surface area (Å²) in [7, 11) is 0. The Labute approximate surface area is 95.3 Å². The van der Waals surface area contributed by atoms with Crippen LogP contribution in [-0.4, -0.2) is 6.54 Å². The maximum absolute atomic E-state index is 5.51. The number of aryl methyl sites for hydroxylation is 1. The Balaban J connectivity index is 2.08. The fraction of sp³-hybridized carbons (Fsp3) is 0.286. The standard InChI is InChI=1S/C14H15NO/c1-10-4-2-3-5-11(10)14-12-7-9-16-13(12)6-8-15-14/h2-5,7,9,14-15H,6,8H2,1H3. The van der Waals surface area contributed by atoms with Crippen molar-refractivity contribution in [2.75, 3.05) is 6.54 Å². The number of benzene rings is 1. The van der Waals surface area contributed by atoms with Crippen LogP contribution in [0.25, 0.3) is 0 Å². The third-order valence-electron chi connectivity index (χ3n) is 3.29. The van der Waals surface area contributed by atoms with Crippen LogP contribution >= 0.6 is 0 Å². The van der Waals surface area contributed by atoms with E-state index < -0.39 is 0 Å². The normalized spacial score (nSPS) is 19.4. The van der Waals surface area contributed by atoms with E-state index >= 15 is 0 Å². The Hall–Kier alpha value is -1.54. The van der Waals surface area contributed by atoms with Crippen molar-refractivity contribution in [1.29, 1.82) is 0 Å². The number of hydrogen-bond donors (Lipinski definition) is 1. The molecule has 0 fully saturated rings. The van der Waals surface area contributed by atoms with Crippen molar-refractivity contribution < 1.29 is 4.42 Å². The third kappa shape index (κ3) is 1.46. The predicted molar refractivity (Wildman–Crippen MR) is 63.4 cm³/mol. The molecule has 0 spiro atoms. The molecule has 1 N–H and O–H groups in total. The first-order valence-corrected chi connectivity index (χ1v) is 5.71. The number of furan rings is 1. The maximum atomic E-state index is 5.51. The molecule has 0 bridgehead atoms. The summed E-state index contributed by atoms with van der Waals surface area (Å²) < 4.78 is 5.51. The molecule has 0 aliphatic carbocycles. The predicted octanol–water partition coefficient (Wildman–Crippen LogP) is 2.82. The average molecular weight is 213 g/mol. The SMILES string of the molecule is Cc1ccccc1C1NCCc2occc21. The average Bonchev–Trinajstić information content (AvgIpc) is 2.77. The first kappa shape index (κ1) is 9.67. The Morgan fingerprint density at radius 1 is 1.19 bits per heavy atom. The van der Waals surface area contributed by atoms with E-state index in [-0.39, 0.29) is 0 Å². The van der Waals surface area contributed by atoms with Crippen LogP contribution in [0.3, 0.4) is 0 Å². The van der Waals surface area contributed by atoms with Gasteiger partial charge in [0, 0.05) is 18.5 Å². The van der Waals surface area contributed by atoms with Crippen molar-refractivity contribution in [3.05, 3.63) is 59.0 Å². The monoisotopic (exact) mass is 213 g/mol. The highest BCUT2D eigenvalue weighted by atomic mass is 16.3. The van der Waals surface area contributed by atoms with E-state index in [2.05, 4.69) is 42.6 Å². The highest BCUT2D eigenvalue weighted by Gasteiger charge is 2.24. The van der Waals surface area contributed by atoms with Crippen LogP contribution in [0, 0.1) is 6.92 Å². The molecule has 16 heavy (non-hydrogen) atoms. The summed E-state index contributed by atoms with van der Waals surface area (Å²) in [6.07, 6.45) is 2.79. The summed E-state index contributed by atoms with van der Waals surface area (Å²) in [6, 6.07) is 10.9. The number of hydrogen-bond acceptors (Lipinski definition) is 2. The zero-order valence-corrected chi connectivity index (χ0v) is 9.36. The molecule has 0 radical (unpaired) electrons. The van der Waals surface area contributed by atoms with Crippen molar-refractivity contribution in [2.45, 2.75) is 19.4 Å². The van der Waals surface area contributed by atoms with Crippen molar-refractivity contribution in [1.82, 2.24) is 5.32 Å². The van der Waals surface area contributed by atoms with Crippen LogP contribution in [0.4, 0.5) is 0 Å². The zero-order valence-electron chi connectivity index (χ0n) is 9.36. The van der Waals surface area contributed by atoms with E-state index in [1.807, 2.05) is 0 Å². The van der Waals surface area contributed by atoms with Crippen molar-refractivity contribution in [3.8, 4) is 0 Å². The molecule has 2 aromatic rings. The molecular formula is C14H15NO. The summed E-state index contributed by atoms with van der Waals surface area (Å²) >= 11 is 0. The van der Waals surface area contributed by atoms with Gasteiger partial charge in [0.25, 0.3) is 0 Å². The summed E-state index contributed by atoms with van der Waals surface area (Å²) in [5.41, 5.74) is 3.97. The highest BCUT2D eigenvalue weighted by Crippen LogP contribution is 2.30. The van der Waals surface area contributed by atoms with Gasteiger partial charge < -0.3 is 9.73 Å².